The fraction of sp³-hybridized carbons (Fsp3) is 0.385. The van der Waals surface area contributed by atoms with Gasteiger partial charge in [-0.2, -0.15) is 15.0 Å². The van der Waals surface area contributed by atoms with E-state index in [1.54, 1.807) is 17.2 Å². The highest BCUT2D eigenvalue weighted by molar-refractivity contribution is 5.37. The molecule has 0 aliphatic rings. The van der Waals surface area contributed by atoms with Crippen molar-refractivity contribution in [3.8, 4) is 5.69 Å². The Balaban J connectivity index is 0.000000386. The van der Waals surface area contributed by atoms with Gasteiger partial charge in [-0.15, -0.1) is 0 Å². The number of rotatable bonds is 1. The van der Waals surface area contributed by atoms with Gasteiger partial charge in [-0.05, 0) is 37.1 Å². The molecule has 1 heterocycles. The summed E-state index contributed by atoms with van der Waals surface area (Å²) in [6.07, 6.45) is 4.60. The number of hydrogen-bond acceptors (Lipinski definition) is 2. The molecule has 1 aromatic heterocycles. The van der Waals surface area contributed by atoms with Gasteiger partial charge in [0.25, 0.3) is 0 Å². The average molecular weight is 217 g/mol. The molecule has 0 fully saturated rings. The fourth-order valence-corrected chi connectivity index (χ4v) is 1.20. The van der Waals surface area contributed by atoms with E-state index in [0.29, 0.717) is 0 Å². The highest BCUT2D eigenvalue weighted by atomic mass is 15.5. The van der Waals surface area contributed by atoms with E-state index in [0.717, 1.165) is 5.69 Å². The van der Waals surface area contributed by atoms with Crippen molar-refractivity contribution >= 4 is 0 Å². The van der Waals surface area contributed by atoms with Gasteiger partial charge >= 0.3 is 0 Å². The van der Waals surface area contributed by atoms with Gasteiger partial charge in [-0.1, -0.05) is 26.3 Å². The second-order valence-corrected chi connectivity index (χ2v) is 3.79. The van der Waals surface area contributed by atoms with E-state index in [-0.39, 0.29) is 0 Å². The van der Waals surface area contributed by atoms with Crippen molar-refractivity contribution in [1.82, 2.24) is 15.0 Å². The summed E-state index contributed by atoms with van der Waals surface area (Å²) in [6, 6.07) is 6.17. The first-order valence-corrected chi connectivity index (χ1v) is 5.63. The highest BCUT2D eigenvalue weighted by Gasteiger charge is 1.98. The molecule has 0 bridgehead atoms. The minimum Gasteiger partial charge on any atom is -0.157 e. The van der Waals surface area contributed by atoms with Crippen LogP contribution in [0.5, 0.6) is 0 Å². The van der Waals surface area contributed by atoms with Crippen LogP contribution in [0.2, 0.25) is 0 Å². The van der Waals surface area contributed by atoms with Crippen LogP contribution in [-0.2, 0) is 0 Å². The van der Waals surface area contributed by atoms with E-state index >= 15 is 0 Å². The molecule has 0 aliphatic carbocycles. The van der Waals surface area contributed by atoms with Gasteiger partial charge < -0.3 is 0 Å². The smallest absolute Gasteiger partial charge is 0.0859 e. The van der Waals surface area contributed by atoms with Gasteiger partial charge in [0.05, 0.1) is 18.1 Å². The van der Waals surface area contributed by atoms with Crippen molar-refractivity contribution in [3.05, 3.63) is 41.7 Å². The van der Waals surface area contributed by atoms with E-state index in [1.807, 2.05) is 6.07 Å². The quantitative estimate of drug-likeness (QED) is 0.733. The first-order valence-electron chi connectivity index (χ1n) is 5.63. The van der Waals surface area contributed by atoms with Gasteiger partial charge in [0.15, 0.2) is 0 Å². The van der Waals surface area contributed by atoms with E-state index in [4.69, 9.17) is 0 Å². The minimum absolute atomic E-state index is 1.01. The predicted octanol–water partition coefficient (Wildman–Crippen LogP) is 3.30. The lowest BCUT2D eigenvalue weighted by atomic mass is 10.1. The number of aromatic nitrogens is 3. The first kappa shape index (κ1) is 12.4. The summed E-state index contributed by atoms with van der Waals surface area (Å²) in [6.45, 7) is 8.43. The normalized spacial score (nSPS) is 9.50. The molecule has 0 saturated carbocycles. The predicted molar refractivity (Wildman–Crippen MR) is 66.8 cm³/mol. The van der Waals surface area contributed by atoms with Crippen LogP contribution in [0.4, 0.5) is 0 Å². The zero-order valence-electron chi connectivity index (χ0n) is 10.4. The molecule has 86 valence electrons. The summed E-state index contributed by atoms with van der Waals surface area (Å²) in [5.74, 6) is 0. The second-order valence-electron chi connectivity index (χ2n) is 3.79. The standard InChI is InChI=1S/C10H11N3.C3H8/c1-8-3-4-10(7-9(8)2)13-11-5-6-12-13;1-3-2/h3-7H,1-2H3;3H2,1-2H3. The molecule has 0 radical (unpaired) electrons. The molecule has 0 amide bonds. The van der Waals surface area contributed by atoms with Crippen LogP contribution in [0, 0.1) is 13.8 Å². The van der Waals surface area contributed by atoms with Crippen molar-refractivity contribution < 1.29 is 0 Å². The summed E-state index contributed by atoms with van der Waals surface area (Å²) in [4.78, 5) is 1.62. The topological polar surface area (TPSA) is 30.7 Å². The van der Waals surface area contributed by atoms with Crippen molar-refractivity contribution in [2.24, 2.45) is 0 Å². The fourth-order valence-electron chi connectivity index (χ4n) is 1.20. The van der Waals surface area contributed by atoms with Gasteiger partial charge in [0.2, 0.25) is 0 Å². The Kier molecular flexibility index (Phi) is 4.70. The van der Waals surface area contributed by atoms with Crippen LogP contribution in [0.3, 0.4) is 0 Å². The number of nitrogens with zero attached hydrogens (tertiary/aromatic N) is 3. The second kappa shape index (κ2) is 6.05. The lowest BCUT2D eigenvalue weighted by molar-refractivity contribution is 0.751. The summed E-state index contributed by atoms with van der Waals surface area (Å²) >= 11 is 0. The molecule has 3 heteroatoms. The maximum Gasteiger partial charge on any atom is 0.0859 e. The Morgan fingerprint density at radius 1 is 1.00 bits per heavy atom. The Hall–Kier alpha value is -1.64. The number of benzene rings is 1. The van der Waals surface area contributed by atoms with E-state index in [9.17, 15) is 0 Å². The molecule has 0 N–H and O–H groups in total. The number of aryl methyl sites for hydroxylation is 2. The van der Waals surface area contributed by atoms with Gasteiger partial charge in [-0.25, -0.2) is 0 Å². The van der Waals surface area contributed by atoms with Crippen LogP contribution < -0.4 is 0 Å². The maximum absolute atomic E-state index is 4.06. The Bertz CT molecular complexity index is 419. The molecule has 0 aliphatic heterocycles. The average Bonchev–Trinajstić information content (AvgIpc) is 2.76. The van der Waals surface area contributed by atoms with Crippen molar-refractivity contribution in [1.29, 1.82) is 0 Å². The zero-order valence-corrected chi connectivity index (χ0v) is 10.4. The van der Waals surface area contributed by atoms with Crippen LogP contribution in [0.1, 0.15) is 31.4 Å². The molecular weight excluding hydrogens is 198 g/mol. The third-order valence-electron chi connectivity index (χ3n) is 2.14. The molecule has 2 rings (SSSR count). The van der Waals surface area contributed by atoms with Gasteiger partial charge in [0.1, 0.15) is 0 Å². The third-order valence-corrected chi connectivity index (χ3v) is 2.14. The van der Waals surface area contributed by atoms with Crippen molar-refractivity contribution in [2.75, 3.05) is 0 Å². The Morgan fingerprint density at radius 2 is 1.56 bits per heavy atom. The third kappa shape index (κ3) is 3.19. The monoisotopic (exact) mass is 217 g/mol. The minimum atomic E-state index is 1.01. The van der Waals surface area contributed by atoms with Crippen LogP contribution in [0.15, 0.2) is 30.6 Å². The number of hydrogen-bond donors (Lipinski definition) is 0. The van der Waals surface area contributed by atoms with Crippen LogP contribution in [-0.4, -0.2) is 15.0 Å². The molecule has 0 spiro atoms. The molecule has 2 aromatic rings. The molecule has 16 heavy (non-hydrogen) atoms. The maximum atomic E-state index is 4.06. The first-order chi connectivity index (χ1) is 7.69. The van der Waals surface area contributed by atoms with Crippen LogP contribution >= 0.6 is 0 Å². The summed E-state index contributed by atoms with van der Waals surface area (Å²) in [5.41, 5.74) is 3.55. The van der Waals surface area contributed by atoms with E-state index < -0.39 is 0 Å². The lowest BCUT2D eigenvalue weighted by Gasteiger charge is -2.03. The largest absolute Gasteiger partial charge is 0.157 e. The molecule has 0 atom stereocenters. The van der Waals surface area contributed by atoms with Crippen LogP contribution in [0.25, 0.3) is 5.69 Å². The molecule has 1 aromatic carbocycles. The molecule has 3 nitrogen and oxygen atoms in total. The van der Waals surface area contributed by atoms with Gasteiger partial charge in [0, 0.05) is 0 Å². The molecule has 0 saturated heterocycles. The molecular formula is C13H19N3. The highest BCUT2D eigenvalue weighted by Crippen LogP contribution is 2.11. The SMILES string of the molecule is CCC.Cc1ccc(-n2nccn2)cc1C. The van der Waals surface area contributed by atoms with E-state index in [2.05, 4.69) is 50.0 Å². The van der Waals surface area contributed by atoms with E-state index in [1.165, 1.54) is 17.5 Å². The lowest BCUT2D eigenvalue weighted by Crippen LogP contribution is -1.98. The summed E-state index contributed by atoms with van der Waals surface area (Å²) < 4.78 is 0. The zero-order chi connectivity index (χ0) is 12.0. The Morgan fingerprint density at radius 3 is 2.06 bits per heavy atom. The van der Waals surface area contributed by atoms with Crippen molar-refractivity contribution in [3.63, 3.8) is 0 Å². The summed E-state index contributed by atoms with van der Waals surface area (Å²) in [5, 5.41) is 8.13. The van der Waals surface area contributed by atoms with Crippen molar-refractivity contribution in [2.45, 2.75) is 34.1 Å². The molecule has 0 unspecified atom stereocenters. The van der Waals surface area contributed by atoms with Gasteiger partial charge in [-0.3, -0.25) is 0 Å². The summed E-state index contributed by atoms with van der Waals surface area (Å²) in [7, 11) is 0. The Labute approximate surface area is 97.1 Å².